The molecule has 0 aliphatic heterocycles. The van der Waals surface area contributed by atoms with Crippen molar-refractivity contribution in [3.8, 4) is 96.6 Å². The fraction of sp³-hybridized carbons (Fsp3) is 0.0222. The average Bonchev–Trinajstić information content (AvgIpc) is 3.67. The number of phenols is 11. The van der Waals surface area contributed by atoms with Gasteiger partial charge in [0.05, 0.1) is 34.0 Å². The first-order valence-corrected chi connectivity index (χ1v) is 17.7. The predicted molar refractivity (Wildman–Crippen MR) is 219 cm³/mol. The van der Waals surface area contributed by atoms with Crippen molar-refractivity contribution in [3.63, 3.8) is 0 Å². The molecule has 14 heteroatoms. The summed E-state index contributed by atoms with van der Waals surface area (Å²) in [5.74, 6) is -12.6. The van der Waals surface area contributed by atoms with Gasteiger partial charge in [-0.2, -0.15) is 0 Å². The Morgan fingerprint density at radius 1 is 0.424 bits per heavy atom. The summed E-state index contributed by atoms with van der Waals surface area (Å²) in [7, 11) is 0. The predicted octanol–water partition coefficient (Wildman–Crippen LogP) is 8.41. The molecule has 0 saturated heterocycles. The molecule has 0 radical (unpaired) electrons. The Hall–Kier alpha value is -8.52. The van der Waals surface area contributed by atoms with Gasteiger partial charge in [0.2, 0.25) is 23.0 Å². The van der Waals surface area contributed by atoms with Crippen LogP contribution in [0.2, 0.25) is 0 Å². The lowest BCUT2D eigenvalue weighted by atomic mass is 9.95. The molecule has 0 aliphatic rings. The van der Waals surface area contributed by atoms with Gasteiger partial charge in [0.1, 0.15) is 0 Å². The largest absolute Gasteiger partial charge is 0.504 e. The number of hydrogen-bond donors (Lipinski definition) is 11. The standard InChI is InChI=1S/C45H32N2O12/c48-32-27(33(49)35(51)28(34(32)50)29-36(52)39(55)37(53)30-31-38(54)40(56)41(57)42(58)44(31)59-43(29)30)20-47-45(26-17-15-25(16-18-26)23-9-5-2-6-10-23)46-19-21-11-13-24(14-12-21)22-7-3-1-4-8-22/h1-19,48-58H,20H2. The molecular weight excluding hydrogens is 760 g/mol. The minimum Gasteiger partial charge on any atom is -0.504 e. The molecule has 8 rings (SSSR count). The molecule has 59 heavy (non-hydrogen) atoms. The van der Waals surface area contributed by atoms with Gasteiger partial charge in [-0.15, -0.1) is 0 Å². The first kappa shape index (κ1) is 37.4. The van der Waals surface area contributed by atoms with Gasteiger partial charge >= 0.3 is 0 Å². The van der Waals surface area contributed by atoms with E-state index >= 15 is 0 Å². The van der Waals surface area contributed by atoms with Gasteiger partial charge in [0.15, 0.2) is 57.2 Å². The highest BCUT2D eigenvalue weighted by atomic mass is 16.4. The van der Waals surface area contributed by atoms with Crippen LogP contribution in [0.3, 0.4) is 0 Å². The summed E-state index contributed by atoms with van der Waals surface area (Å²) >= 11 is 0. The maximum absolute atomic E-state index is 11.4. The molecule has 0 aliphatic carbocycles. The van der Waals surface area contributed by atoms with Crippen molar-refractivity contribution in [3.05, 3.63) is 126 Å². The monoisotopic (exact) mass is 792 g/mol. The number of aromatic hydroxyl groups is 11. The Morgan fingerprint density at radius 3 is 1.41 bits per heavy atom. The lowest BCUT2D eigenvalue weighted by Crippen LogP contribution is -2.01. The molecule has 0 unspecified atom stereocenters. The summed E-state index contributed by atoms with van der Waals surface area (Å²) < 4.78 is 5.54. The Morgan fingerprint density at radius 2 is 0.864 bits per heavy atom. The lowest BCUT2D eigenvalue weighted by molar-refractivity contribution is 0.348. The zero-order chi connectivity index (χ0) is 41.7. The van der Waals surface area contributed by atoms with E-state index in [9.17, 15) is 56.2 Å². The second-order valence-corrected chi connectivity index (χ2v) is 13.4. The number of phenolic OH excluding ortho intramolecular Hbond substituents is 11. The van der Waals surface area contributed by atoms with Gasteiger partial charge < -0.3 is 60.6 Å². The van der Waals surface area contributed by atoms with Crippen LogP contribution >= 0.6 is 0 Å². The molecule has 0 spiro atoms. The first-order chi connectivity index (χ1) is 28.4. The summed E-state index contributed by atoms with van der Waals surface area (Å²) in [5.41, 5.74) is 1.41. The molecule has 0 fully saturated rings. The van der Waals surface area contributed by atoms with Crippen LogP contribution in [0.1, 0.15) is 16.7 Å². The van der Waals surface area contributed by atoms with Crippen LogP contribution in [-0.2, 0) is 6.54 Å². The van der Waals surface area contributed by atoms with Gasteiger partial charge in [-0.3, -0.25) is 4.99 Å². The number of hydrogen-bond acceptors (Lipinski definition) is 13. The van der Waals surface area contributed by atoms with E-state index in [1.54, 1.807) is 18.3 Å². The molecule has 0 amide bonds. The molecule has 11 N–H and O–H groups in total. The van der Waals surface area contributed by atoms with Crippen molar-refractivity contribution < 1.29 is 60.6 Å². The van der Waals surface area contributed by atoms with Crippen LogP contribution in [0.4, 0.5) is 0 Å². The number of amidine groups is 1. The molecule has 8 aromatic rings. The van der Waals surface area contributed by atoms with Crippen LogP contribution in [-0.4, -0.2) is 68.2 Å². The van der Waals surface area contributed by atoms with Crippen molar-refractivity contribution in [1.29, 1.82) is 0 Å². The summed E-state index contributed by atoms with van der Waals surface area (Å²) in [6, 6.07) is 34.4. The Bertz CT molecular complexity index is 2970. The molecule has 1 aromatic heterocycles. The Balaban J connectivity index is 1.23. The van der Waals surface area contributed by atoms with Crippen molar-refractivity contribution in [2.75, 3.05) is 0 Å². The van der Waals surface area contributed by atoms with E-state index in [0.717, 1.165) is 27.8 Å². The number of furan rings is 1. The summed E-state index contributed by atoms with van der Waals surface area (Å²) in [6.07, 6.45) is 1.57. The van der Waals surface area contributed by atoms with Crippen molar-refractivity contribution in [1.82, 2.24) is 0 Å². The second-order valence-electron chi connectivity index (χ2n) is 13.4. The smallest absolute Gasteiger partial charge is 0.208 e. The van der Waals surface area contributed by atoms with E-state index in [1.165, 1.54) is 0 Å². The third-order valence-corrected chi connectivity index (χ3v) is 9.92. The van der Waals surface area contributed by atoms with Crippen molar-refractivity contribution in [2.24, 2.45) is 9.98 Å². The Labute approximate surface area is 332 Å². The molecule has 294 valence electrons. The molecular formula is C45H32N2O12. The fourth-order valence-electron chi connectivity index (χ4n) is 6.83. The highest BCUT2D eigenvalue weighted by Gasteiger charge is 2.35. The van der Waals surface area contributed by atoms with Crippen molar-refractivity contribution >= 4 is 34.0 Å². The highest BCUT2D eigenvalue weighted by Crippen LogP contribution is 2.62. The van der Waals surface area contributed by atoms with Crippen LogP contribution in [0.15, 0.2) is 124 Å². The number of fused-ring (bicyclic) bond motifs is 3. The van der Waals surface area contributed by atoms with E-state index in [0.29, 0.717) is 5.56 Å². The van der Waals surface area contributed by atoms with Gasteiger partial charge in [-0.25, -0.2) is 4.99 Å². The number of benzene rings is 7. The van der Waals surface area contributed by atoms with Crippen LogP contribution in [0, 0.1) is 0 Å². The normalized spacial score (nSPS) is 11.9. The quantitative estimate of drug-likeness (QED) is 0.0315. The molecule has 0 saturated carbocycles. The molecule has 1 heterocycles. The SMILES string of the molecule is Oc1c(O)c(-c2c(O)c(O)c(O)c3c2oc2c(O)c(O)c(O)c(O)c23)c(O)c(O)c1CN=C(N=Cc1ccc(-c2ccccc2)cc1)c1ccc(-c2ccccc2)cc1. The second kappa shape index (κ2) is 14.5. The van der Waals surface area contributed by atoms with Crippen LogP contribution in [0.25, 0.3) is 55.3 Å². The zero-order valence-electron chi connectivity index (χ0n) is 30.4. The minimum atomic E-state index is -1.29. The summed E-state index contributed by atoms with van der Waals surface area (Å²) in [5, 5.41) is 118. The maximum Gasteiger partial charge on any atom is 0.208 e. The average molecular weight is 793 g/mol. The summed E-state index contributed by atoms with van der Waals surface area (Å²) in [6.45, 7) is -0.577. The highest BCUT2D eigenvalue weighted by molar-refractivity contribution is 6.20. The van der Waals surface area contributed by atoms with Gasteiger partial charge in [-0.1, -0.05) is 109 Å². The van der Waals surface area contributed by atoms with Crippen LogP contribution in [0.5, 0.6) is 63.2 Å². The molecule has 14 nitrogen and oxygen atoms in total. The van der Waals surface area contributed by atoms with E-state index in [4.69, 9.17) is 4.42 Å². The van der Waals surface area contributed by atoms with E-state index in [-0.39, 0.29) is 5.84 Å². The first-order valence-electron chi connectivity index (χ1n) is 17.7. The lowest BCUT2D eigenvalue weighted by Gasteiger charge is -2.17. The topological polar surface area (TPSA) is 260 Å². The molecule has 7 aromatic carbocycles. The van der Waals surface area contributed by atoms with E-state index in [2.05, 4.69) is 9.98 Å². The zero-order valence-corrected chi connectivity index (χ0v) is 30.4. The third-order valence-electron chi connectivity index (χ3n) is 9.92. The van der Waals surface area contributed by atoms with Gasteiger partial charge in [0, 0.05) is 11.8 Å². The van der Waals surface area contributed by atoms with E-state index in [1.807, 2.05) is 97.1 Å². The Kier molecular flexibility index (Phi) is 9.21. The van der Waals surface area contributed by atoms with Crippen LogP contribution < -0.4 is 0 Å². The minimum absolute atomic E-state index is 0.134. The van der Waals surface area contributed by atoms with Gasteiger partial charge in [0.25, 0.3) is 0 Å². The van der Waals surface area contributed by atoms with Gasteiger partial charge in [-0.05, 0) is 27.8 Å². The summed E-state index contributed by atoms with van der Waals surface area (Å²) in [4.78, 5) is 9.17. The van der Waals surface area contributed by atoms with Crippen molar-refractivity contribution in [2.45, 2.75) is 6.54 Å². The fourth-order valence-corrected chi connectivity index (χ4v) is 6.83. The van der Waals surface area contributed by atoms with E-state index < -0.39 is 108 Å². The third kappa shape index (κ3) is 6.26. The maximum atomic E-state index is 11.4. The number of aliphatic imine (C=N–C) groups is 2. The molecule has 0 atom stereocenters. The number of rotatable bonds is 7. The number of nitrogens with zero attached hydrogens (tertiary/aromatic N) is 2. The molecule has 0 bridgehead atoms.